The Morgan fingerprint density at radius 1 is 1.40 bits per heavy atom. The van der Waals surface area contributed by atoms with Crippen molar-refractivity contribution in [2.75, 3.05) is 6.61 Å². The minimum atomic E-state index is -0.378. The lowest BCUT2D eigenvalue weighted by Crippen LogP contribution is -2.29. The zero-order valence-electron chi connectivity index (χ0n) is 10.1. The van der Waals surface area contributed by atoms with Crippen LogP contribution < -0.4 is 5.73 Å². The molecule has 3 nitrogen and oxygen atoms in total. The number of nitrogens with zero attached hydrogens (tertiary/aromatic N) is 1. The van der Waals surface area contributed by atoms with E-state index in [1.165, 1.54) is 0 Å². The Balaban J connectivity index is 2.94. The molecule has 1 aromatic rings. The molecular formula is C11H20N2OS. The molecule has 0 fully saturated rings. The highest BCUT2D eigenvalue weighted by Crippen LogP contribution is 2.30. The van der Waals surface area contributed by atoms with Crippen LogP contribution in [-0.2, 0) is 15.9 Å². The van der Waals surface area contributed by atoms with E-state index in [1.807, 2.05) is 40.0 Å². The van der Waals surface area contributed by atoms with E-state index in [2.05, 4.69) is 4.98 Å². The zero-order valence-corrected chi connectivity index (χ0v) is 10.9. The number of nitrogens with two attached hydrogens (primary N) is 1. The molecule has 0 saturated heterocycles. The summed E-state index contributed by atoms with van der Waals surface area (Å²) in [5.74, 6) is 0. The lowest BCUT2D eigenvalue weighted by Gasteiger charge is -2.22. The molecule has 1 aromatic heterocycles. The van der Waals surface area contributed by atoms with Gasteiger partial charge in [-0.1, -0.05) is 0 Å². The van der Waals surface area contributed by atoms with Crippen LogP contribution in [0.4, 0.5) is 0 Å². The number of hydrogen-bond acceptors (Lipinski definition) is 4. The van der Waals surface area contributed by atoms with E-state index in [9.17, 15) is 0 Å². The molecule has 0 unspecified atom stereocenters. The van der Waals surface area contributed by atoms with E-state index >= 15 is 0 Å². The van der Waals surface area contributed by atoms with Gasteiger partial charge in [-0.05, 0) is 34.6 Å². The first-order chi connectivity index (χ1) is 6.77. The van der Waals surface area contributed by atoms with Crippen LogP contribution in [0.3, 0.4) is 0 Å². The molecule has 0 aliphatic heterocycles. The number of ether oxygens (including phenoxy) is 1. The number of aromatic nitrogens is 1. The van der Waals surface area contributed by atoms with Gasteiger partial charge in [0.15, 0.2) is 0 Å². The van der Waals surface area contributed by atoms with Gasteiger partial charge < -0.3 is 10.5 Å². The van der Waals surface area contributed by atoms with Crippen LogP contribution in [-0.4, -0.2) is 11.6 Å². The number of hydrogen-bond donors (Lipinski definition) is 1. The van der Waals surface area contributed by atoms with E-state index in [0.717, 1.165) is 10.7 Å². The summed E-state index contributed by atoms with van der Waals surface area (Å²) in [5.41, 5.74) is 6.22. The van der Waals surface area contributed by atoms with Crippen molar-refractivity contribution in [1.29, 1.82) is 0 Å². The summed E-state index contributed by atoms with van der Waals surface area (Å²) in [6.45, 7) is 10.7. The van der Waals surface area contributed by atoms with Crippen molar-refractivity contribution in [1.82, 2.24) is 4.98 Å². The Morgan fingerprint density at radius 3 is 2.40 bits per heavy atom. The molecule has 0 spiro atoms. The highest BCUT2D eigenvalue weighted by Gasteiger charge is 2.27. The first-order valence-corrected chi connectivity index (χ1v) is 6.04. The van der Waals surface area contributed by atoms with Crippen LogP contribution in [0.15, 0.2) is 5.38 Å². The van der Waals surface area contributed by atoms with Crippen LogP contribution >= 0.6 is 11.3 Å². The molecule has 0 bridgehead atoms. The van der Waals surface area contributed by atoms with Gasteiger partial charge in [0, 0.05) is 12.0 Å². The van der Waals surface area contributed by atoms with E-state index in [0.29, 0.717) is 6.61 Å². The van der Waals surface area contributed by atoms with E-state index in [1.54, 1.807) is 11.3 Å². The van der Waals surface area contributed by atoms with Crippen molar-refractivity contribution in [3.63, 3.8) is 0 Å². The molecule has 1 rings (SSSR count). The number of rotatable bonds is 4. The van der Waals surface area contributed by atoms with Gasteiger partial charge in [0.25, 0.3) is 0 Å². The summed E-state index contributed by atoms with van der Waals surface area (Å²) in [6, 6.07) is 0. The molecule has 0 radical (unpaired) electrons. The Morgan fingerprint density at radius 2 is 2.00 bits per heavy atom. The molecule has 0 saturated carbocycles. The monoisotopic (exact) mass is 228 g/mol. The maximum absolute atomic E-state index is 5.99. The van der Waals surface area contributed by atoms with Crippen molar-refractivity contribution >= 4 is 11.3 Å². The lowest BCUT2D eigenvalue weighted by atomic mass is 10.0. The molecule has 4 heteroatoms. The summed E-state index contributed by atoms with van der Waals surface area (Å²) in [6.07, 6.45) is 0. The standard InChI is InChI=1S/C11H20N2OS/c1-6-14-11(4,5)9-13-8(7-15-9)10(2,3)12/h7H,6,12H2,1-5H3. The highest BCUT2D eigenvalue weighted by molar-refractivity contribution is 7.09. The highest BCUT2D eigenvalue weighted by atomic mass is 32.1. The largest absolute Gasteiger partial charge is 0.369 e. The van der Waals surface area contributed by atoms with Crippen molar-refractivity contribution in [2.45, 2.75) is 45.8 Å². The van der Waals surface area contributed by atoms with Gasteiger partial charge in [-0.2, -0.15) is 0 Å². The maximum atomic E-state index is 5.99. The summed E-state index contributed by atoms with van der Waals surface area (Å²) in [5, 5.41) is 2.99. The average molecular weight is 228 g/mol. The summed E-state index contributed by atoms with van der Waals surface area (Å²) in [7, 11) is 0. The minimum absolute atomic E-state index is 0.317. The van der Waals surface area contributed by atoms with Crippen LogP contribution in [0.2, 0.25) is 0 Å². The zero-order chi connectivity index (χ0) is 11.7. The summed E-state index contributed by atoms with van der Waals surface area (Å²) in [4.78, 5) is 4.54. The van der Waals surface area contributed by atoms with Crippen molar-refractivity contribution in [3.8, 4) is 0 Å². The van der Waals surface area contributed by atoms with Crippen LogP contribution in [0.5, 0.6) is 0 Å². The van der Waals surface area contributed by atoms with E-state index in [-0.39, 0.29) is 11.1 Å². The van der Waals surface area contributed by atoms with Gasteiger partial charge in [0.2, 0.25) is 0 Å². The predicted octanol–water partition coefficient (Wildman–Crippen LogP) is 2.61. The summed E-state index contributed by atoms with van der Waals surface area (Å²) < 4.78 is 5.65. The van der Waals surface area contributed by atoms with Crippen molar-refractivity contribution < 1.29 is 4.74 Å². The van der Waals surface area contributed by atoms with Gasteiger partial charge in [-0.15, -0.1) is 11.3 Å². The predicted molar refractivity (Wildman–Crippen MR) is 64.0 cm³/mol. The third-order valence-corrected chi connectivity index (χ3v) is 3.33. The van der Waals surface area contributed by atoms with Crippen molar-refractivity contribution in [2.24, 2.45) is 5.73 Å². The second-order valence-corrected chi connectivity index (χ2v) is 5.56. The Hall–Kier alpha value is -0.450. The second kappa shape index (κ2) is 4.20. The van der Waals surface area contributed by atoms with Crippen LogP contribution in [0.1, 0.15) is 45.3 Å². The van der Waals surface area contributed by atoms with E-state index < -0.39 is 0 Å². The van der Waals surface area contributed by atoms with Crippen LogP contribution in [0, 0.1) is 0 Å². The van der Waals surface area contributed by atoms with E-state index in [4.69, 9.17) is 10.5 Å². The van der Waals surface area contributed by atoms with Crippen LogP contribution in [0.25, 0.3) is 0 Å². The maximum Gasteiger partial charge on any atom is 0.124 e. The van der Waals surface area contributed by atoms with Crippen molar-refractivity contribution in [3.05, 3.63) is 16.1 Å². The van der Waals surface area contributed by atoms with Gasteiger partial charge in [0.1, 0.15) is 10.6 Å². The molecule has 0 aliphatic carbocycles. The molecular weight excluding hydrogens is 208 g/mol. The molecule has 86 valence electrons. The molecule has 0 amide bonds. The topological polar surface area (TPSA) is 48.1 Å². The lowest BCUT2D eigenvalue weighted by molar-refractivity contribution is -0.0143. The van der Waals surface area contributed by atoms with Gasteiger partial charge in [0.05, 0.1) is 11.2 Å². The number of thiazole rings is 1. The first-order valence-electron chi connectivity index (χ1n) is 5.16. The molecule has 0 atom stereocenters. The average Bonchev–Trinajstić information content (AvgIpc) is 2.50. The summed E-state index contributed by atoms with van der Waals surface area (Å²) >= 11 is 1.61. The quantitative estimate of drug-likeness (QED) is 0.861. The first kappa shape index (κ1) is 12.6. The minimum Gasteiger partial charge on any atom is -0.369 e. The second-order valence-electron chi connectivity index (χ2n) is 4.70. The fourth-order valence-corrected chi connectivity index (χ4v) is 2.34. The normalized spacial score (nSPS) is 13.2. The third kappa shape index (κ3) is 3.00. The SMILES string of the molecule is CCOC(C)(C)c1nc(C(C)(C)N)cs1. The molecule has 0 aliphatic rings. The molecule has 0 aromatic carbocycles. The van der Waals surface area contributed by atoms with Gasteiger partial charge in [-0.25, -0.2) is 4.98 Å². The Kier molecular flexibility index (Phi) is 3.53. The van der Waals surface area contributed by atoms with Gasteiger partial charge >= 0.3 is 0 Å². The Labute approximate surface area is 95.7 Å². The van der Waals surface area contributed by atoms with Gasteiger partial charge in [-0.3, -0.25) is 0 Å². The molecule has 15 heavy (non-hydrogen) atoms. The fraction of sp³-hybridized carbons (Fsp3) is 0.727. The fourth-order valence-electron chi connectivity index (χ4n) is 1.27. The third-order valence-electron chi connectivity index (χ3n) is 2.18. The Bertz CT molecular complexity index is 326. The smallest absolute Gasteiger partial charge is 0.124 e. The molecule has 2 N–H and O–H groups in total. The molecule has 1 heterocycles.